The molecular formula is C11H16. The number of allylic oxidation sites excluding steroid dienone is 6. The van der Waals surface area contributed by atoms with Gasteiger partial charge in [0.1, 0.15) is 0 Å². The lowest BCUT2D eigenvalue weighted by molar-refractivity contribution is 0.668. The van der Waals surface area contributed by atoms with E-state index in [4.69, 9.17) is 0 Å². The van der Waals surface area contributed by atoms with E-state index in [1.54, 1.807) is 0 Å². The second-order valence-electron chi connectivity index (χ2n) is 2.92. The highest BCUT2D eigenvalue weighted by Crippen LogP contribution is 2.15. The van der Waals surface area contributed by atoms with Gasteiger partial charge in [-0.05, 0) is 25.2 Å². The Labute approximate surface area is 69.3 Å². The Hall–Kier alpha value is -0.780. The third-order valence-corrected chi connectivity index (χ3v) is 1.91. The van der Waals surface area contributed by atoms with Crippen LogP contribution < -0.4 is 0 Å². The van der Waals surface area contributed by atoms with Crippen LogP contribution in [0.25, 0.3) is 0 Å². The van der Waals surface area contributed by atoms with Gasteiger partial charge in [0.25, 0.3) is 0 Å². The van der Waals surface area contributed by atoms with E-state index in [0.717, 1.165) is 12.3 Å². The predicted molar refractivity (Wildman–Crippen MR) is 50.4 cm³/mol. The van der Waals surface area contributed by atoms with Crippen molar-refractivity contribution in [3.05, 3.63) is 36.5 Å². The summed E-state index contributed by atoms with van der Waals surface area (Å²) in [6, 6.07) is 0. The average Bonchev–Trinajstić information content (AvgIpc) is 2.07. The van der Waals surface area contributed by atoms with E-state index in [1.807, 2.05) is 0 Å². The fourth-order valence-corrected chi connectivity index (χ4v) is 1.24. The summed E-state index contributed by atoms with van der Waals surface area (Å²) in [4.78, 5) is 0. The smallest absolute Gasteiger partial charge is 0.0161 e. The molecule has 0 N–H and O–H groups in total. The Morgan fingerprint density at radius 3 is 2.91 bits per heavy atom. The lowest BCUT2D eigenvalue weighted by Gasteiger charge is -2.08. The maximum absolute atomic E-state index is 2.29. The van der Waals surface area contributed by atoms with Gasteiger partial charge in [-0.3, -0.25) is 0 Å². The SMILES string of the molecule is CC/C=C/CC1C=CC=CC1. The van der Waals surface area contributed by atoms with Gasteiger partial charge in [-0.25, -0.2) is 0 Å². The van der Waals surface area contributed by atoms with Crippen LogP contribution in [0.2, 0.25) is 0 Å². The summed E-state index contributed by atoms with van der Waals surface area (Å²) < 4.78 is 0. The van der Waals surface area contributed by atoms with Crippen molar-refractivity contribution < 1.29 is 0 Å². The molecule has 0 fully saturated rings. The van der Waals surface area contributed by atoms with Crippen molar-refractivity contribution in [3.63, 3.8) is 0 Å². The standard InChI is InChI=1S/C11H16/c1-2-3-5-8-11-9-6-4-7-10-11/h3-7,9,11H,2,8,10H2,1H3/b5-3+. The van der Waals surface area contributed by atoms with Gasteiger partial charge < -0.3 is 0 Å². The third-order valence-electron chi connectivity index (χ3n) is 1.91. The predicted octanol–water partition coefficient (Wildman–Crippen LogP) is 3.48. The van der Waals surface area contributed by atoms with Crippen LogP contribution in [0.5, 0.6) is 0 Å². The zero-order chi connectivity index (χ0) is 7.94. The lowest BCUT2D eigenvalue weighted by Crippen LogP contribution is -1.94. The van der Waals surface area contributed by atoms with Crippen LogP contribution in [-0.2, 0) is 0 Å². The Morgan fingerprint density at radius 1 is 1.36 bits per heavy atom. The van der Waals surface area contributed by atoms with Gasteiger partial charge in [0.05, 0.1) is 0 Å². The second-order valence-corrected chi connectivity index (χ2v) is 2.92. The van der Waals surface area contributed by atoms with E-state index in [1.165, 1.54) is 12.8 Å². The average molecular weight is 148 g/mol. The van der Waals surface area contributed by atoms with Crippen molar-refractivity contribution in [2.45, 2.75) is 26.2 Å². The zero-order valence-electron chi connectivity index (χ0n) is 7.16. The van der Waals surface area contributed by atoms with E-state index >= 15 is 0 Å². The van der Waals surface area contributed by atoms with Crippen molar-refractivity contribution in [2.24, 2.45) is 5.92 Å². The molecule has 11 heavy (non-hydrogen) atoms. The number of hydrogen-bond acceptors (Lipinski definition) is 0. The fraction of sp³-hybridized carbons (Fsp3) is 0.455. The van der Waals surface area contributed by atoms with Gasteiger partial charge in [0.15, 0.2) is 0 Å². The summed E-state index contributed by atoms with van der Waals surface area (Å²) in [5, 5.41) is 0. The Morgan fingerprint density at radius 2 is 2.27 bits per heavy atom. The third kappa shape index (κ3) is 3.22. The number of hydrogen-bond donors (Lipinski definition) is 0. The van der Waals surface area contributed by atoms with Crippen LogP contribution in [-0.4, -0.2) is 0 Å². The second kappa shape index (κ2) is 4.95. The monoisotopic (exact) mass is 148 g/mol. The molecule has 0 bridgehead atoms. The summed E-state index contributed by atoms with van der Waals surface area (Å²) >= 11 is 0. The summed E-state index contributed by atoms with van der Waals surface area (Å²) in [5.41, 5.74) is 0. The maximum atomic E-state index is 2.29. The minimum atomic E-state index is 0.753. The molecule has 0 aliphatic heterocycles. The summed E-state index contributed by atoms with van der Waals surface area (Å²) in [6.07, 6.45) is 16.9. The largest absolute Gasteiger partial charge is 0.0888 e. The molecule has 0 radical (unpaired) electrons. The van der Waals surface area contributed by atoms with E-state index in [9.17, 15) is 0 Å². The van der Waals surface area contributed by atoms with Gasteiger partial charge >= 0.3 is 0 Å². The quantitative estimate of drug-likeness (QED) is 0.537. The molecule has 1 atom stereocenters. The van der Waals surface area contributed by atoms with Crippen LogP contribution in [0.15, 0.2) is 36.5 Å². The highest BCUT2D eigenvalue weighted by molar-refractivity contribution is 5.11. The molecule has 1 rings (SSSR count). The van der Waals surface area contributed by atoms with Crippen LogP contribution in [0.4, 0.5) is 0 Å². The fourth-order valence-electron chi connectivity index (χ4n) is 1.24. The molecule has 0 aromatic rings. The summed E-state index contributed by atoms with van der Waals surface area (Å²) in [7, 11) is 0. The Kier molecular flexibility index (Phi) is 3.74. The first-order valence-electron chi connectivity index (χ1n) is 4.42. The van der Waals surface area contributed by atoms with Gasteiger partial charge in [-0.15, -0.1) is 0 Å². The van der Waals surface area contributed by atoms with Crippen molar-refractivity contribution in [1.29, 1.82) is 0 Å². The molecule has 1 unspecified atom stereocenters. The Bertz CT molecular complexity index is 172. The van der Waals surface area contributed by atoms with Gasteiger partial charge in [-0.2, -0.15) is 0 Å². The normalized spacial score (nSPS) is 23.2. The van der Waals surface area contributed by atoms with Crippen molar-refractivity contribution in [2.75, 3.05) is 0 Å². The van der Waals surface area contributed by atoms with Crippen molar-refractivity contribution in [3.8, 4) is 0 Å². The first-order chi connectivity index (χ1) is 5.43. The zero-order valence-corrected chi connectivity index (χ0v) is 7.16. The highest BCUT2D eigenvalue weighted by atomic mass is 14.1. The first kappa shape index (κ1) is 8.32. The molecule has 1 aliphatic carbocycles. The molecule has 0 nitrogen and oxygen atoms in total. The van der Waals surface area contributed by atoms with E-state index in [2.05, 4.69) is 43.4 Å². The van der Waals surface area contributed by atoms with Gasteiger partial charge in [0, 0.05) is 0 Å². The molecule has 0 spiro atoms. The topological polar surface area (TPSA) is 0 Å². The molecule has 0 heterocycles. The van der Waals surface area contributed by atoms with Crippen LogP contribution in [0, 0.1) is 5.92 Å². The van der Waals surface area contributed by atoms with Crippen LogP contribution in [0.3, 0.4) is 0 Å². The summed E-state index contributed by atoms with van der Waals surface area (Å²) in [5.74, 6) is 0.753. The molecule has 0 amide bonds. The molecule has 0 saturated carbocycles. The lowest BCUT2D eigenvalue weighted by atomic mass is 9.97. The molecule has 0 heteroatoms. The van der Waals surface area contributed by atoms with E-state index in [0.29, 0.717) is 0 Å². The van der Waals surface area contributed by atoms with E-state index in [-0.39, 0.29) is 0 Å². The van der Waals surface area contributed by atoms with Crippen molar-refractivity contribution >= 4 is 0 Å². The van der Waals surface area contributed by atoms with Crippen molar-refractivity contribution in [1.82, 2.24) is 0 Å². The summed E-state index contributed by atoms with van der Waals surface area (Å²) in [6.45, 7) is 2.17. The molecule has 60 valence electrons. The molecule has 0 saturated heterocycles. The minimum absolute atomic E-state index is 0.753. The van der Waals surface area contributed by atoms with Crippen LogP contribution in [0.1, 0.15) is 26.2 Å². The molecule has 0 aromatic carbocycles. The Balaban J connectivity index is 2.22. The van der Waals surface area contributed by atoms with E-state index < -0.39 is 0 Å². The molecule has 1 aliphatic rings. The molecular weight excluding hydrogens is 132 g/mol. The number of rotatable bonds is 3. The van der Waals surface area contributed by atoms with Gasteiger partial charge in [0.2, 0.25) is 0 Å². The maximum Gasteiger partial charge on any atom is -0.0161 e. The first-order valence-corrected chi connectivity index (χ1v) is 4.42. The highest BCUT2D eigenvalue weighted by Gasteiger charge is 2.00. The van der Waals surface area contributed by atoms with Gasteiger partial charge in [-0.1, -0.05) is 43.4 Å². The molecule has 0 aromatic heterocycles. The minimum Gasteiger partial charge on any atom is -0.0888 e. The van der Waals surface area contributed by atoms with Crippen LogP contribution >= 0.6 is 0 Å².